The highest BCUT2D eigenvalue weighted by Crippen LogP contribution is 2.33. The van der Waals surface area contributed by atoms with Crippen LogP contribution in [-0.4, -0.2) is 36.7 Å². The molecule has 0 saturated carbocycles. The smallest absolute Gasteiger partial charge is 0.231 e. The standard InChI is InChI=1S/C16H22N2O3/c1-16(2)9-18(6-5-14(16)17)15(19)8-11-3-4-12-13(7-11)21-10-20-12/h3-4,7,14H,5-6,8-10,17H2,1-2H3. The number of amides is 1. The Bertz CT molecular complexity index is 556. The number of rotatable bonds is 2. The Morgan fingerprint density at radius 3 is 2.90 bits per heavy atom. The van der Waals surface area contributed by atoms with Crippen LogP contribution in [0.5, 0.6) is 11.5 Å². The van der Waals surface area contributed by atoms with Gasteiger partial charge in [0.2, 0.25) is 12.7 Å². The zero-order valence-corrected chi connectivity index (χ0v) is 12.6. The predicted octanol–water partition coefficient (Wildman–Crippen LogP) is 1.54. The molecule has 0 radical (unpaired) electrons. The number of carbonyl (C=O) groups excluding carboxylic acids is 1. The van der Waals surface area contributed by atoms with Gasteiger partial charge < -0.3 is 20.1 Å². The fourth-order valence-electron chi connectivity index (χ4n) is 2.92. The van der Waals surface area contributed by atoms with E-state index in [2.05, 4.69) is 13.8 Å². The summed E-state index contributed by atoms with van der Waals surface area (Å²) in [5.41, 5.74) is 7.05. The molecule has 1 fully saturated rings. The fraction of sp³-hybridized carbons (Fsp3) is 0.562. The third-order valence-corrected chi connectivity index (χ3v) is 4.46. The van der Waals surface area contributed by atoms with Crippen LogP contribution in [0.4, 0.5) is 0 Å². The van der Waals surface area contributed by atoms with E-state index < -0.39 is 0 Å². The maximum absolute atomic E-state index is 12.5. The first-order valence-electron chi connectivity index (χ1n) is 7.37. The molecule has 114 valence electrons. The van der Waals surface area contributed by atoms with Gasteiger partial charge in [0, 0.05) is 19.1 Å². The Balaban J connectivity index is 1.66. The molecule has 2 aliphatic heterocycles. The van der Waals surface area contributed by atoms with Crippen molar-refractivity contribution in [1.29, 1.82) is 0 Å². The zero-order chi connectivity index (χ0) is 15.0. The lowest BCUT2D eigenvalue weighted by molar-refractivity contribution is -0.133. The van der Waals surface area contributed by atoms with E-state index in [1.165, 1.54) is 0 Å². The molecule has 0 spiro atoms. The summed E-state index contributed by atoms with van der Waals surface area (Å²) >= 11 is 0. The Morgan fingerprint density at radius 2 is 2.14 bits per heavy atom. The van der Waals surface area contributed by atoms with Crippen LogP contribution in [0.1, 0.15) is 25.8 Å². The molecule has 3 rings (SSSR count). The molecule has 5 heteroatoms. The van der Waals surface area contributed by atoms with Crippen molar-refractivity contribution in [2.45, 2.75) is 32.7 Å². The van der Waals surface area contributed by atoms with E-state index in [9.17, 15) is 4.79 Å². The van der Waals surface area contributed by atoms with Gasteiger partial charge >= 0.3 is 0 Å². The highest BCUT2D eigenvalue weighted by Gasteiger charge is 2.35. The van der Waals surface area contributed by atoms with Gasteiger partial charge in [-0.2, -0.15) is 0 Å². The van der Waals surface area contributed by atoms with Crippen molar-refractivity contribution in [3.8, 4) is 11.5 Å². The summed E-state index contributed by atoms with van der Waals surface area (Å²) in [4.78, 5) is 14.4. The molecule has 1 unspecified atom stereocenters. The Labute approximate surface area is 125 Å². The Morgan fingerprint density at radius 1 is 1.38 bits per heavy atom. The first-order chi connectivity index (χ1) is 9.95. The second-order valence-corrected chi connectivity index (χ2v) is 6.56. The molecule has 1 saturated heterocycles. The topological polar surface area (TPSA) is 64.8 Å². The lowest BCUT2D eigenvalue weighted by Crippen LogP contribution is -2.54. The summed E-state index contributed by atoms with van der Waals surface area (Å²) in [6.45, 7) is 5.96. The van der Waals surface area contributed by atoms with E-state index in [-0.39, 0.29) is 24.2 Å². The number of ether oxygens (including phenoxy) is 2. The molecule has 2 heterocycles. The van der Waals surface area contributed by atoms with Crippen LogP contribution in [-0.2, 0) is 11.2 Å². The van der Waals surface area contributed by atoms with Crippen LogP contribution in [0.3, 0.4) is 0 Å². The molecule has 1 aromatic carbocycles. The minimum atomic E-state index is -0.0250. The highest BCUT2D eigenvalue weighted by atomic mass is 16.7. The van der Waals surface area contributed by atoms with Crippen LogP contribution < -0.4 is 15.2 Å². The molecule has 0 bridgehead atoms. The summed E-state index contributed by atoms with van der Waals surface area (Å²) in [7, 11) is 0. The largest absolute Gasteiger partial charge is 0.454 e. The Hall–Kier alpha value is -1.75. The van der Waals surface area contributed by atoms with Crippen molar-refractivity contribution in [2.75, 3.05) is 19.9 Å². The Kier molecular flexibility index (Phi) is 3.53. The van der Waals surface area contributed by atoms with Gasteiger partial charge in [-0.05, 0) is 29.5 Å². The van der Waals surface area contributed by atoms with E-state index >= 15 is 0 Å². The number of nitrogens with two attached hydrogens (primary N) is 1. The van der Waals surface area contributed by atoms with E-state index in [0.29, 0.717) is 6.42 Å². The van der Waals surface area contributed by atoms with Crippen molar-refractivity contribution in [2.24, 2.45) is 11.1 Å². The van der Waals surface area contributed by atoms with Crippen molar-refractivity contribution in [3.63, 3.8) is 0 Å². The molecule has 2 N–H and O–H groups in total. The number of likely N-dealkylation sites (tertiary alicyclic amines) is 1. The fourth-order valence-corrected chi connectivity index (χ4v) is 2.92. The first kappa shape index (κ1) is 14.2. The monoisotopic (exact) mass is 290 g/mol. The second kappa shape index (κ2) is 5.22. The van der Waals surface area contributed by atoms with Crippen molar-refractivity contribution in [1.82, 2.24) is 4.90 Å². The van der Waals surface area contributed by atoms with Gasteiger partial charge in [0.15, 0.2) is 11.5 Å². The van der Waals surface area contributed by atoms with Gasteiger partial charge in [0.05, 0.1) is 6.42 Å². The van der Waals surface area contributed by atoms with Crippen LogP contribution >= 0.6 is 0 Å². The van der Waals surface area contributed by atoms with Crippen LogP contribution in [0.25, 0.3) is 0 Å². The molecule has 5 nitrogen and oxygen atoms in total. The average Bonchev–Trinajstić information content (AvgIpc) is 2.89. The highest BCUT2D eigenvalue weighted by molar-refractivity contribution is 5.79. The third-order valence-electron chi connectivity index (χ3n) is 4.46. The quantitative estimate of drug-likeness (QED) is 0.897. The number of fused-ring (bicyclic) bond motifs is 1. The first-order valence-corrected chi connectivity index (χ1v) is 7.37. The van der Waals surface area contributed by atoms with Crippen molar-refractivity contribution >= 4 is 5.91 Å². The van der Waals surface area contributed by atoms with Crippen LogP contribution in [0, 0.1) is 5.41 Å². The van der Waals surface area contributed by atoms with E-state index in [4.69, 9.17) is 15.2 Å². The molecular weight excluding hydrogens is 268 g/mol. The lowest BCUT2D eigenvalue weighted by atomic mass is 9.79. The molecule has 1 amide bonds. The van der Waals surface area contributed by atoms with Crippen molar-refractivity contribution in [3.05, 3.63) is 23.8 Å². The third kappa shape index (κ3) is 2.83. The zero-order valence-electron chi connectivity index (χ0n) is 12.6. The van der Waals surface area contributed by atoms with Gasteiger partial charge in [-0.15, -0.1) is 0 Å². The van der Waals surface area contributed by atoms with Crippen LogP contribution in [0.15, 0.2) is 18.2 Å². The summed E-state index contributed by atoms with van der Waals surface area (Å²) in [6, 6.07) is 5.83. The summed E-state index contributed by atoms with van der Waals surface area (Å²) in [6.07, 6.45) is 1.25. The predicted molar refractivity (Wildman–Crippen MR) is 79.2 cm³/mol. The van der Waals surface area contributed by atoms with Gasteiger partial charge in [0.25, 0.3) is 0 Å². The van der Waals surface area contributed by atoms with E-state index in [1.54, 1.807) is 0 Å². The molecule has 1 atom stereocenters. The lowest BCUT2D eigenvalue weighted by Gasteiger charge is -2.42. The van der Waals surface area contributed by atoms with Crippen molar-refractivity contribution < 1.29 is 14.3 Å². The van der Waals surface area contributed by atoms with Gasteiger partial charge in [-0.25, -0.2) is 0 Å². The molecule has 0 aliphatic carbocycles. The number of hydrogen-bond acceptors (Lipinski definition) is 4. The van der Waals surface area contributed by atoms with Gasteiger partial charge in [0.1, 0.15) is 0 Å². The number of benzene rings is 1. The maximum Gasteiger partial charge on any atom is 0.231 e. The molecular formula is C16H22N2O3. The number of hydrogen-bond donors (Lipinski definition) is 1. The van der Waals surface area contributed by atoms with Gasteiger partial charge in [-0.1, -0.05) is 19.9 Å². The number of nitrogens with zero attached hydrogens (tertiary/aromatic N) is 1. The van der Waals surface area contributed by atoms with Gasteiger partial charge in [-0.3, -0.25) is 4.79 Å². The number of carbonyl (C=O) groups is 1. The maximum atomic E-state index is 12.5. The molecule has 2 aliphatic rings. The van der Waals surface area contributed by atoms with E-state index in [0.717, 1.165) is 36.6 Å². The summed E-state index contributed by atoms with van der Waals surface area (Å²) in [5, 5.41) is 0. The molecule has 1 aromatic rings. The average molecular weight is 290 g/mol. The minimum absolute atomic E-state index is 0.0250. The molecule has 21 heavy (non-hydrogen) atoms. The normalized spacial score (nSPS) is 23.2. The second-order valence-electron chi connectivity index (χ2n) is 6.56. The van der Waals surface area contributed by atoms with Crippen LogP contribution in [0.2, 0.25) is 0 Å². The SMILES string of the molecule is CC1(C)CN(C(=O)Cc2ccc3c(c2)OCO3)CCC1N. The molecule has 0 aromatic heterocycles. The van der Waals surface area contributed by atoms with E-state index in [1.807, 2.05) is 23.1 Å². The number of piperidine rings is 1. The minimum Gasteiger partial charge on any atom is -0.454 e. The summed E-state index contributed by atoms with van der Waals surface area (Å²) < 4.78 is 10.6. The summed E-state index contributed by atoms with van der Waals surface area (Å²) in [5.74, 6) is 1.62.